The Kier molecular flexibility index (Phi) is 2.82. The molecule has 3 nitrogen and oxygen atoms in total. The quantitative estimate of drug-likeness (QED) is 0.638. The molecule has 2 heterocycles. The molecular weight excluding hydrogens is 264 g/mol. The van der Waals surface area contributed by atoms with Gasteiger partial charge in [-0.2, -0.15) is 0 Å². The molecule has 0 aliphatic carbocycles. The van der Waals surface area contributed by atoms with E-state index in [1.165, 1.54) is 5.56 Å². The zero-order valence-corrected chi connectivity index (χ0v) is 11.6. The first-order chi connectivity index (χ1) is 10.3. The first-order valence-corrected chi connectivity index (χ1v) is 7.26. The summed E-state index contributed by atoms with van der Waals surface area (Å²) in [5.41, 5.74) is 2.35. The van der Waals surface area contributed by atoms with Gasteiger partial charge in [-0.1, -0.05) is 60.7 Å². The molecule has 3 atom stereocenters. The van der Waals surface area contributed by atoms with Crippen LogP contribution >= 0.6 is 0 Å². The lowest BCUT2D eigenvalue weighted by Gasteiger charge is -2.33. The lowest BCUT2D eigenvalue weighted by atomic mass is 9.86. The van der Waals surface area contributed by atoms with Gasteiger partial charge in [0.25, 0.3) is 5.79 Å². The van der Waals surface area contributed by atoms with Crippen LogP contribution in [0, 0.1) is 5.92 Å². The van der Waals surface area contributed by atoms with Crippen LogP contribution in [0.4, 0.5) is 0 Å². The maximum Gasteiger partial charge on any atom is 0.318 e. The first kappa shape index (κ1) is 12.6. The first-order valence-electron chi connectivity index (χ1n) is 7.26. The van der Waals surface area contributed by atoms with Crippen LogP contribution in [0.1, 0.15) is 11.1 Å². The zero-order valence-electron chi connectivity index (χ0n) is 11.6. The molecule has 2 saturated heterocycles. The van der Waals surface area contributed by atoms with Crippen molar-refractivity contribution in [2.45, 2.75) is 24.7 Å². The normalized spacial score (nSPS) is 29.8. The molecule has 2 aromatic carbocycles. The molecule has 0 saturated carbocycles. The molecule has 2 fully saturated rings. The van der Waals surface area contributed by atoms with Gasteiger partial charge in [0, 0.05) is 6.42 Å². The molecule has 106 valence electrons. The Labute approximate surface area is 123 Å². The highest BCUT2D eigenvalue weighted by molar-refractivity contribution is 5.81. The van der Waals surface area contributed by atoms with Gasteiger partial charge in [0.2, 0.25) is 0 Å². The minimum atomic E-state index is -0.664. The molecular formula is C18H16O3. The Morgan fingerprint density at radius 3 is 2.00 bits per heavy atom. The van der Waals surface area contributed by atoms with E-state index in [-0.39, 0.29) is 18.0 Å². The SMILES string of the molecule is O=C1O[C@@]2(O[C@@H]2Cc2ccccc2)[C@@H]1Cc1ccccc1. The van der Waals surface area contributed by atoms with Crippen molar-refractivity contribution >= 4 is 5.97 Å². The third-order valence-electron chi connectivity index (χ3n) is 4.29. The van der Waals surface area contributed by atoms with E-state index in [2.05, 4.69) is 12.1 Å². The third-order valence-corrected chi connectivity index (χ3v) is 4.29. The van der Waals surface area contributed by atoms with Crippen molar-refractivity contribution in [3.63, 3.8) is 0 Å². The number of ether oxygens (including phenoxy) is 2. The van der Waals surface area contributed by atoms with E-state index >= 15 is 0 Å². The van der Waals surface area contributed by atoms with Gasteiger partial charge in [0.15, 0.2) is 0 Å². The molecule has 0 unspecified atom stereocenters. The summed E-state index contributed by atoms with van der Waals surface area (Å²) in [7, 11) is 0. The molecule has 3 heteroatoms. The summed E-state index contributed by atoms with van der Waals surface area (Å²) >= 11 is 0. The van der Waals surface area contributed by atoms with Gasteiger partial charge in [-0.3, -0.25) is 4.79 Å². The second-order valence-electron chi connectivity index (χ2n) is 5.68. The van der Waals surface area contributed by atoms with Crippen LogP contribution in [-0.4, -0.2) is 17.9 Å². The maximum atomic E-state index is 11.8. The number of carbonyl (C=O) groups excluding carboxylic acids is 1. The molecule has 0 N–H and O–H groups in total. The van der Waals surface area contributed by atoms with E-state index < -0.39 is 5.79 Å². The van der Waals surface area contributed by atoms with Gasteiger partial charge in [0.05, 0.1) is 0 Å². The van der Waals surface area contributed by atoms with Crippen LogP contribution < -0.4 is 0 Å². The van der Waals surface area contributed by atoms with E-state index in [9.17, 15) is 4.79 Å². The fourth-order valence-electron chi connectivity index (χ4n) is 3.08. The van der Waals surface area contributed by atoms with Crippen molar-refractivity contribution in [3.05, 3.63) is 71.8 Å². The minimum Gasteiger partial charge on any atom is -0.429 e. The number of rotatable bonds is 4. The Bertz CT molecular complexity index is 653. The summed E-state index contributed by atoms with van der Waals surface area (Å²) in [6.07, 6.45) is 1.47. The maximum absolute atomic E-state index is 11.8. The number of benzene rings is 2. The van der Waals surface area contributed by atoms with Crippen molar-refractivity contribution in [3.8, 4) is 0 Å². The second kappa shape index (κ2) is 4.71. The molecule has 0 aromatic heterocycles. The van der Waals surface area contributed by atoms with Crippen molar-refractivity contribution in [2.24, 2.45) is 5.92 Å². The van der Waals surface area contributed by atoms with E-state index in [4.69, 9.17) is 9.47 Å². The van der Waals surface area contributed by atoms with Crippen molar-refractivity contribution in [1.29, 1.82) is 0 Å². The van der Waals surface area contributed by atoms with Gasteiger partial charge in [-0.05, 0) is 17.5 Å². The number of carbonyl (C=O) groups is 1. The highest BCUT2D eigenvalue weighted by Crippen LogP contribution is 2.54. The molecule has 2 aromatic rings. The van der Waals surface area contributed by atoms with Crippen LogP contribution in [0.2, 0.25) is 0 Å². The van der Waals surface area contributed by atoms with Crippen molar-refractivity contribution in [2.75, 3.05) is 0 Å². The van der Waals surface area contributed by atoms with Gasteiger partial charge in [-0.15, -0.1) is 0 Å². The Hall–Kier alpha value is -2.13. The number of hydrogen-bond donors (Lipinski definition) is 0. The average Bonchev–Trinajstić information content (AvgIpc) is 3.22. The molecule has 4 rings (SSSR count). The Morgan fingerprint density at radius 1 is 0.857 bits per heavy atom. The van der Waals surface area contributed by atoms with Crippen LogP contribution in [0.25, 0.3) is 0 Å². The molecule has 21 heavy (non-hydrogen) atoms. The van der Waals surface area contributed by atoms with Crippen LogP contribution in [0.15, 0.2) is 60.7 Å². The summed E-state index contributed by atoms with van der Waals surface area (Å²) in [5.74, 6) is -0.981. The predicted octanol–water partition coefficient (Wildman–Crippen LogP) is 2.74. The van der Waals surface area contributed by atoms with E-state index in [1.54, 1.807) is 0 Å². The molecule has 0 bridgehead atoms. The molecule has 2 aliphatic heterocycles. The van der Waals surface area contributed by atoms with Crippen molar-refractivity contribution < 1.29 is 14.3 Å². The van der Waals surface area contributed by atoms with Crippen LogP contribution in [0.3, 0.4) is 0 Å². The standard InChI is InChI=1S/C18H16O3/c19-17-15(11-13-7-3-1-4-8-13)18(21-17)16(20-18)12-14-9-5-2-6-10-14/h1-10,15-16H,11-12H2/t15-,16-,18+/m1/s1. The molecule has 1 spiro atoms. The lowest BCUT2D eigenvalue weighted by Crippen LogP contribution is -2.51. The highest BCUT2D eigenvalue weighted by atomic mass is 16.8. The smallest absolute Gasteiger partial charge is 0.318 e. The number of esters is 1. The Balaban J connectivity index is 1.45. The fourth-order valence-corrected chi connectivity index (χ4v) is 3.08. The predicted molar refractivity (Wildman–Crippen MR) is 77.5 cm³/mol. The van der Waals surface area contributed by atoms with E-state index in [0.29, 0.717) is 6.42 Å². The summed E-state index contributed by atoms with van der Waals surface area (Å²) in [4.78, 5) is 11.8. The lowest BCUT2D eigenvalue weighted by molar-refractivity contribution is -0.209. The van der Waals surface area contributed by atoms with Gasteiger partial charge in [-0.25, -0.2) is 0 Å². The number of epoxide rings is 1. The van der Waals surface area contributed by atoms with Gasteiger partial charge >= 0.3 is 5.97 Å². The largest absolute Gasteiger partial charge is 0.429 e. The second-order valence-corrected chi connectivity index (χ2v) is 5.68. The van der Waals surface area contributed by atoms with Crippen LogP contribution in [0.5, 0.6) is 0 Å². The van der Waals surface area contributed by atoms with Crippen molar-refractivity contribution in [1.82, 2.24) is 0 Å². The zero-order chi connectivity index (χ0) is 14.3. The summed E-state index contributed by atoms with van der Waals surface area (Å²) in [5, 5.41) is 0. The topological polar surface area (TPSA) is 38.8 Å². The molecule has 0 radical (unpaired) electrons. The van der Waals surface area contributed by atoms with Crippen LogP contribution in [-0.2, 0) is 27.1 Å². The van der Waals surface area contributed by atoms with E-state index in [1.807, 2.05) is 48.5 Å². The number of hydrogen-bond acceptors (Lipinski definition) is 3. The summed E-state index contributed by atoms with van der Waals surface area (Å²) in [6, 6.07) is 20.2. The van der Waals surface area contributed by atoms with Gasteiger partial charge in [0.1, 0.15) is 12.0 Å². The molecule has 0 amide bonds. The van der Waals surface area contributed by atoms with E-state index in [0.717, 1.165) is 12.0 Å². The van der Waals surface area contributed by atoms with Gasteiger partial charge < -0.3 is 9.47 Å². The minimum absolute atomic E-state index is 0.00804. The third kappa shape index (κ3) is 2.14. The monoisotopic (exact) mass is 280 g/mol. The summed E-state index contributed by atoms with van der Waals surface area (Å²) in [6.45, 7) is 0. The average molecular weight is 280 g/mol. The fraction of sp³-hybridized carbons (Fsp3) is 0.278. The highest BCUT2D eigenvalue weighted by Gasteiger charge is 2.74. The summed E-state index contributed by atoms with van der Waals surface area (Å²) < 4.78 is 11.1. The molecule has 2 aliphatic rings. The Morgan fingerprint density at radius 2 is 1.43 bits per heavy atom.